The largest absolute Gasteiger partial charge is 0.395 e. The molecule has 0 heterocycles. The van der Waals surface area contributed by atoms with Crippen molar-refractivity contribution < 1.29 is 14.9 Å². The van der Waals surface area contributed by atoms with Crippen molar-refractivity contribution >= 4 is 0 Å². The molecule has 0 bridgehead atoms. The third-order valence-electron chi connectivity index (χ3n) is 1.25. The molecule has 0 aromatic carbocycles. The maximum absolute atomic E-state index is 9.12. The van der Waals surface area contributed by atoms with Crippen molar-refractivity contribution in [3.8, 4) is 0 Å². The van der Waals surface area contributed by atoms with E-state index in [9.17, 15) is 0 Å². The number of aliphatic hydroxyl groups is 2. The van der Waals surface area contributed by atoms with E-state index in [1.54, 1.807) is 13.2 Å². The van der Waals surface area contributed by atoms with Crippen molar-refractivity contribution in [3.63, 3.8) is 0 Å². The third-order valence-corrected chi connectivity index (χ3v) is 1.25. The number of aliphatic hydroxyl groups excluding tert-OH is 2. The Hall–Kier alpha value is -0.420. The molecular weight excluding hydrogens is 146 g/mol. The van der Waals surface area contributed by atoms with Crippen molar-refractivity contribution in [2.24, 2.45) is 5.73 Å². The van der Waals surface area contributed by atoms with Gasteiger partial charge in [0.2, 0.25) is 0 Å². The highest BCUT2D eigenvalue weighted by Gasteiger charge is 2.08. The monoisotopic (exact) mass is 161 g/mol. The summed E-state index contributed by atoms with van der Waals surface area (Å²) < 4.78 is 4.70. The first-order chi connectivity index (χ1) is 5.22. The van der Waals surface area contributed by atoms with E-state index < -0.39 is 12.1 Å². The van der Waals surface area contributed by atoms with Crippen LogP contribution in [0.3, 0.4) is 0 Å². The summed E-state index contributed by atoms with van der Waals surface area (Å²) in [5.41, 5.74) is 5.31. The zero-order valence-corrected chi connectivity index (χ0v) is 6.60. The minimum Gasteiger partial charge on any atom is -0.395 e. The van der Waals surface area contributed by atoms with Gasteiger partial charge in [0.25, 0.3) is 0 Å². The molecule has 4 heteroatoms. The van der Waals surface area contributed by atoms with Crippen LogP contribution in [0.5, 0.6) is 0 Å². The van der Waals surface area contributed by atoms with Gasteiger partial charge in [0.05, 0.1) is 25.4 Å². The van der Waals surface area contributed by atoms with Crippen LogP contribution in [0.4, 0.5) is 0 Å². The fourth-order valence-electron chi connectivity index (χ4n) is 0.542. The first-order valence-electron chi connectivity index (χ1n) is 3.42. The number of rotatable bonds is 5. The summed E-state index contributed by atoms with van der Waals surface area (Å²) in [6.45, 7) is 0.216. The lowest BCUT2D eigenvalue weighted by Gasteiger charge is -2.11. The van der Waals surface area contributed by atoms with Gasteiger partial charge in [-0.3, -0.25) is 0 Å². The third kappa shape index (κ3) is 4.92. The van der Waals surface area contributed by atoms with Crippen LogP contribution in [0, 0.1) is 0 Å². The molecule has 0 aliphatic rings. The number of hydrogen-bond donors (Lipinski definition) is 3. The second kappa shape index (κ2) is 6.30. The maximum Gasteiger partial charge on any atom is 0.0895 e. The number of nitrogens with two attached hydrogens (primary N) is 1. The van der Waals surface area contributed by atoms with Crippen LogP contribution in [0.25, 0.3) is 0 Å². The highest BCUT2D eigenvalue weighted by Crippen LogP contribution is 1.91. The van der Waals surface area contributed by atoms with Crippen LogP contribution >= 0.6 is 0 Å². The van der Waals surface area contributed by atoms with Crippen molar-refractivity contribution in [1.82, 2.24) is 0 Å². The molecule has 0 fully saturated rings. The summed E-state index contributed by atoms with van der Waals surface area (Å²) in [7, 11) is 1.56. The molecule has 2 atom stereocenters. The zero-order chi connectivity index (χ0) is 8.69. The Morgan fingerprint density at radius 1 is 1.64 bits per heavy atom. The molecule has 0 aliphatic carbocycles. The molecule has 0 amide bonds. The maximum atomic E-state index is 9.12. The number of methoxy groups -OCH3 is 1. The number of ether oxygens (including phenoxy) is 1. The Bertz CT molecular complexity index is 116. The quantitative estimate of drug-likeness (QED) is 0.446. The highest BCUT2D eigenvalue weighted by molar-refractivity contribution is 4.93. The zero-order valence-electron chi connectivity index (χ0n) is 6.60. The Morgan fingerprint density at radius 2 is 2.27 bits per heavy atom. The van der Waals surface area contributed by atoms with Crippen LogP contribution in [0.15, 0.2) is 12.2 Å². The molecule has 0 saturated heterocycles. The molecule has 0 aliphatic heterocycles. The first-order valence-corrected chi connectivity index (χ1v) is 3.42. The molecule has 4 nitrogen and oxygen atoms in total. The second-order valence-electron chi connectivity index (χ2n) is 2.22. The Morgan fingerprint density at radius 3 is 2.73 bits per heavy atom. The van der Waals surface area contributed by atoms with Gasteiger partial charge in [-0.25, -0.2) is 0 Å². The SMILES string of the molecule is COC/C=C/[C@@H](O)[C@@H](N)CO. The van der Waals surface area contributed by atoms with Gasteiger partial charge in [0, 0.05) is 7.11 Å². The van der Waals surface area contributed by atoms with Gasteiger partial charge in [-0.05, 0) is 0 Å². The average Bonchev–Trinajstić information content (AvgIpc) is 2.03. The fraction of sp³-hybridized carbons (Fsp3) is 0.714. The summed E-state index contributed by atoms with van der Waals surface area (Å²) >= 11 is 0. The number of hydrogen-bond acceptors (Lipinski definition) is 4. The molecule has 66 valence electrons. The Balaban J connectivity index is 3.57. The molecule has 0 rings (SSSR count). The minimum absolute atomic E-state index is 0.224. The highest BCUT2D eigenvalue weighted by atomic mass is 16.5. The van der Waals surface area contributed by atoms with Gasteiger partial charge in [0.1, 0.15) is 0 Å². The summed E-state index contributed by atoms with van der Waals surface area (Å²) in [6, 6.07) is -0.608. The van der Waals surface area contributed by atoms with E-state index in [0.29, 0.717) is 6.61 Å². The van der Waals surface area contributed by atoms with Gasteiger partial charge in [0.15, 0.2) is 0 Å². The van der Waals surface area contributed by atoms with Crippen molar-refractivity contribution in [2.45, 2.75) is 12.1 Å². The minimum atomic E-state index is -0.796. The molecule has 11 heavy (non-hydrogen) atoms. The van der Waals surface area contributed by atoms with E-state index in [4.69, 9.17) is 20.7 Å². The van der Waals surface area contributed by atoms with Gasteiger partial charge in [-0.1, -0.05) is 12.2 Å². The summed E-state index contributed by atoms with van der Waals surface area (Å²) in [4.78, 5) is 0. The molecule has 0 unspecified atom stereocenters. The normalized spacial score (nSPS) is 17.1. The molecule has 0 spiro atoms. The van der Waals surface area contributed by atoms with E-state index in [-0.39, 0.29) is 6.61 Å². The lowest BCUT2D eigenvalue weighted by Crippen LogP contribution is -2.36. The average molecular weight is 161 g/mol. The molecule has 0 radical (unpaired) electrons. The second-order valence-corrected chi connectivity index (χ2v) is 2.22. The topological polar surface area (TPSA) is 75.7 Å². The Kier molecular flexibility index (Phi) is 6.06. The summed E-state index contributed by atoms with van der Waals surface area (Å²) in [5, 5.41) is 17.6. The van der Waals surface area contributed by atoms with Gasteiger partial charge < -0.3 is 20.7 Å². The van der Waals surface area contributed by atoms with E-state index in [0.717, 1.165) is 0 Å². The fourth-order valence-corrected chi connectivity index (χ4v) is 0.542. The van der Waals surface area contributed by atoms with Crippen LogP contribution in [-0.2, 0) is 4.74 Å². The van der Waals surface area contributed by atoms with Gasteiger partial charge >= 0.3 is 0 Å². The van der Waals surface area contributed by atoms with E-state index >= 15 is 0 Å². The molecule has 0 saturated carbocycles. The van der Waals surface area contributed by atoms with Crippen LogP contribution in [0.1, 0.15) is 0 Å². The van der Waals surface area contributed by atoms with E-state index in [1.165, 1.54) is 6.08 Å². The Labute approximate surface area is 66.3 Å². The van der Waals surface area contributed by atoms with Crippen molar-refractivity contribution in [3.05, 3.63) is 12.2 Å². The van der Waals surface area contributed by atoms with E-state index in [2.05, 4.69) is 0 Å². The molecule has 0 aromatic rings. The predicted octanol–water partition coefficient (Wildman–Crippen LogP) is -1.13. The lowest BCUT2D eigenvalue weighted by molar-refractivity contribution is 0.143. The van der Waals surface area contributed by atoms with E-state index in [1.807, 2.05) is 0 Å². The standard InChI is InChI=1S/C7H15NO3/c1-11-4-2-3-7(10)6(8)5-9/h2-3,6-7,9-10H,4-5,8H2,1H3/b3-2+/t6-,7+/m0/s1. The van der Waals surface area contributed by atoms with Gasteiger partial charge in [-0.15, -0.1) is 0 Å². The summed E-state index contributed by atoms with van der Waals surface area (Å²) in [6.07, 6.45) is 2.36. The molecular formula is C7H15NO3. The van der Waals surface area contributed by atoms with Crippen LogP contribution < -0.4 is 5.73 Å². The molecule has 0 aromatic heterocycles. The van der Waals surface area contributed by atoms with Crippen LogP contribution in [-0.4, -0.2) is 42.7 Å². The smallest absolute Gasteiger partial charge is 0.0895 e. The summed E-state index contributed by atoms with van der Waals surface area (Å²) in [5.74, 6) is 0. The van der Waals surface area contributed by atoms with Crippen LogP contribution in [0.2, 0.25) is 0 Å². The van der Waals surface area contributed by atoms with Crippen molar-refractivity contribution in [1.29, 1.82) is 0 Å². The van der Waals surface area contributed by atoms with Gasteiger partial charge in [-0.2, -0.15) is 0 Å². The first kappa shape index (κ1) is 10.6. The lowest BCUT2D eigenvalue weighted by atomic mass is 10.2. The molecule has 4 N–H and O–H groups in total. The van der Waals surface area contributed by atoms with Crippen molar-refractivity contribution in [2.75, 3.05) is 20.3 Å². The predicted molar refractivity (Wildman–Crippen MR) is 42.1 cm³/mol.